The van der Waals surface area contributed by atoms with Gasteiger partial charge < -0.3 is 4.52 Å². The molecule has 1 unspecified atom stereocenters. The van der Waals surface area contributed by atoms with Crippen molar-refractivity contribution in [1.82, 2.24) is 0 Å². The molecule has 0 saturated heterocycles. The van der Waals surface area contributed by atoms with Gasteiger partial charge in [-0.05, 0) is 50.5 Å². The van der Waals surface area contributed by atoms with Gasteiger partial charge in [-0.2, -0.15) is 8.78 Å². The Morgan fingerprint density at radius 3 is 1.74 bits per heavy atom. The largest absolute Gasteiger partial charge is 0.466 e. The number of hydrogen-bond acceptors (Lipinski definition) is 1. The van der Waals surface area contributed by atoms with Crippen LogP contribution in [0.25, 0.3) is 32.3 Å². The molecule has 0 spiro atoms. The number of rotatable bonds is 3. The second-order valence-corrected chi connectivity index (χ2v) is 7.94. The van der Waals surface area contributed by atoms with Crippen molar-refractivity contribution in [3.63, 3.8) is 0 Å². The summed E-state index contributed by atoms with van der Waals surface area (Å²) in [6.45, 7) is 0. The molecule has 0 aliphatic rings. The van der Waals surface area contributed by atoms with E-state index in [-0.39, 0.29) is 0 Å². The molecule has 0 aliphatic heterocycles. The fourth-order valence-corrected chi connectivity index (χ4v) is 4.60. The molecule has 0 aromatic heterocycles. The number of fused-ring (bicyclic) bond motifs is 4. The standard InChI is InChI=1S/C24H12F5OP/c25-19-20(26)22(28)24(23(29)21(19)27)30-31-18-11-14-9-12-5-1-2-6-13(12)10-17(14)15-7-3-4-8-16(15)18/h1-11,31H. The molecular formula is C24H12F5OP. The molecule has 5 aromatic rings. The van der Waals surface area contributed by atoms with E-state index in [1.165, 1.54) is 0 Å². The normalized spacial score (nSPS) is 11.9. The monoisotopic (exact) mass is 442 g/mol. The lowest BCUT2D eigenvalue weighted by molar-refractivity contribution is 0.355. The summed E-state index contributed by atoms with van der Waals surface area (Å²) >= 11 is 0. The van der Waals surface area contributed by atoms with Crippen LogP contribution < -0.4 is 9.83 Å². The summed E-state index contributed by atoms with van der Waals surface area (Å²) in [5.74, 6) is -11.5. The van der Waals surface area contributed by atoms with Crippen LogP contribution in [-0.2, 0) is 0 Å². The second-order valence-electron chi connectivity index (χ2n) is 6.99. The topological polar surface area (TPSA) is 9.23 Å². The van der Waals surface area contributed by atoms with Gasteiger partial charge in [-0.1, -0.05) is 48.5 Å². The highest BCUT2D eigenvalue weighted by Gasteiger charge is 2.27. The molecule has 1 atom stereocenters. The van der Waals surface area contributed by atoms with E-state index in [9.17, 15) is 22.0 Å². The molecule has 0 saturated carbocycles. The van der Waals surface area contributed by atoms with Gasteiger partial charge in [-0.3, -0.25) is 0 Å². The number of halogens is 5. The summed E-state index contributed by atoms with van der Waals surface area (Å²) in [6, 6.07) is 21.1. The van der Waals surface area contributed by atoms with Crippen LogP contribution in [-0.4, -0.2) is 0 Å². The average Bonchev–Trinajstić information content (AvgIpc) is 2.80. The first-order chi connectivity index (χ1) is 15.0. The average molecular weight is 442 g/mol. The summed E-state index contributed by atoms with van der Waals surface area (Å²) in [6.07, 6.45) is 0. The van der Waals surface area contributed by atoms with Crippen LogP contribution in [0.4, 0.5) is 22.0 Å². The van der Waals surface area contributed by atoms with Crippen molar-refractivity contribution in [2.75, 3.05) is 0 Å². The Hall–Kier alpha value is -3.24. The van der Waals surface area contributed by atoms with E-state index < -0.39 is 43.6 Å². The van der Waals surface area contributed by atoms with Crippen LogP contribution in [0.2, 0.25) is 0 Å². The molecule has 0 N–H and O–H groups in total. The Morgan fingerprint density at radius 2 is 1.06 bits per heavy atom. The van der Waals surface area contributed by atoms with Crippen molar-refractivity contribution in [1.29, 1.82) is 0 Å². The number of hydrogen-bond donors (Lipinski definition) is 0. The van der Waals surface area contributed by atoms with Crippen LogP contribution in [0.5, 0.6) is 5.75 Å². The van der Waals surface area contributed by atoms with E-state index in [4.69, 9.17) is 4.52 Å². The first-order valence-electron chi connectivity index (χ1n) is 9.24. The van der Waals surface area contributed by atoms with Crippen LogP contribution >= 0.6 is 8.81 Å². The van der Waals surface area contributed by atoms with Crippen molar-refractivity contribution >= 4 is 46.4 Å². The third-order valence-corrected chi connectivity index (χ3v) is 6.10. The van der Waals surface area contributed by atoms with Gasteiger partial charge in [0.25, 0.3) is 0 Å². The molecular weight excluding hydrogens is 430 g/mol. The minimum absolute atomic E-state index is 0.585. The van der Waals surface area contributed by atoms with Crippen molar-refractivity contribution in [3.8, 4) is 5.75 Å². The van der Waals surface area contributed by atoms with Gasteiger partial charge in [0.2, 0.25) is 34.8 Å². The lowest BCUT2D eigenvalue weighted by Gasteiger charge is -2.14. The Kier molecular flexibility index (Phi) is 4.75. The fraction of sp³-hybridized carbons (Fsp3) is 0. The van der Waals surface area contributed by atoms with Gasteiger partial charge in [0, 0.05) is 5.30 Å². The fourth-order valence-electron chi connectivity index (χ4n) is 3.66. The van der Waals surface area contributed by atoms with Crippen molar-refractivity contribution in [2.24, 2.45) is 0 Å². The van der Waals surface area contributed by atoms with Crippen molar-refractivity contribution < 1.29 is 26.5 Å². The zero-order chi connectivity index (χ0) is 21.7. The molecule has 0 amide bonds. The predicted octanol–water partition coefficient (Wildman–Crippen LogP) is 7.14. The van der Waals surface area contributed by atoms with Crippen molar-refractivity contribution in [2.45, 2.75) is 0 Å². The summed E-state index contributed by atoms with van der Waals surface area (Å²) < 4.78 is 73.4. The molecule has 5 aromatic carbocycles. The quantitative estimate of drug-likeness (QED) is 0.0721. The third kappa shape index (κ3) is 3.19. The van der Waals surface area contributed by atoms with Gasteiger partial charge >= 0.3 is 0 Å². The lowest BCUT2D eigenvalue weighted by Crippen LogP contribution is -2.06. The van der Waals surface area contributed by atoms with Gasteiger partial charge in [-0.25, -0.2) is 13.2 Å². The molecule has 0 fully saturated rings. The zero-order valence-corrected chi connectivity index (χ0v) is 16.6. The number of benzene rings is 5. The highest BCUT2D eigenvalue weighted by Crippen LogP contribution is 2.35. The van der Waals surface area contributed by atoms with E-state index in [0.717, 1.165) is 32.3 Å². The van der Waals surface area contributed by atoms with Gasteiger partial charge in [0.15, 0.2) is 0 Å². The van der Waals surface area contributed by atoms with Crippen LogP contribution in [0.1, 0.15) is 0 Å². The summed E-state index contributed by atoms with van der Waals surface area (Å²) in [5, 5.41) is 6.19. The second kappa shape index (κ2) is 7.47. The maximum absolute atomic E-state index is 14.0. The van der Waals surface area contributed by atoms with Crippen LogP contribution in [0.15, 0.2) is 66.7 Å². The van der Waals surface area contributed by atoms with Crippen LogP contribution in [0.3, 0.4) is 0 Å². The molecule has 0 bridgehead atoms. The van der Waals surface area contributed by atoms with Crippen LogP contribution in [0, 0.1) is 29.1 Å². The first-order valence-corrected chi connectivity index (χ1v) is 10.1. The Labute approximate surface area is 174 Å². The third-order valence-electron chi connectivity index (χ3n) is 5.16. The summed E-state index contributed by atoms with van der Waals surface area (Å²) in [5.41, 5.74) is 0. The van der Waals surface area contributed by atoms with Gasteiger partial charge in [0.05, 0.1) is 0 Å². The smallest absolute Gasteiger partial charge is 0.207 e. The SMILES string of the molecule is Fc1c(F)c(F)c(OPc2cc3cc4ccccc4cc3c3ccccc23)c(F)c1F. The molecule has 0 aliphatic carbocycles. The maximum Gasteiger partial charge on any atom is 0.207 e. The summed E-state index contributed by atoms with van der Waals surface area (Å²) in [7, 11) is -0.678. The molecule has 7 heteroatoms. The Bertz CT molecular complexity index is 1470. The Balaban J connectivity index is 1.66. The van der Waals surface area contributed by atoms with Crippen molar-refractivity contribution in [3.05, 3.63) is 95.8 Å². The highest BCUT2D eigenvalue weighted by atomic mass is 31.1. The van der Waals surface area contributed by atoms with E-state index in [1.807, 2.05) is 60.7 Å². The Morgan fingerprint density at radius 1 is 0.516 bits per heavy atom. The minimum Gasteiger partial charge on any atom is -0.466 e. The first kappa shape index (κ1) is 19.7. The lowest BCUT2D eigenvalue weighted by atomic mass is 9.98. The van der Waals surface area contributed by atoms with E-state index >= 15 is 0 Å². The summed E-state index contributed by atoms with van der Waals surface area (Å²) in [4.78, 5) is 0. The van der Waals surface area contributed by atoms with E-state index in [0.29, 0.717) is 5.30 Å². The highest BCUT2D eigenvalue weighted by molar-refractivity contribution is 7.43. The van der Waals surface area contributed by atoms with E-state index in [2.05, 4.69) is 6.07 Å². The molecule has 0 radical (unpaired) electrons. The maximum atomic E-state index is 14.0. The predicted molar refractivity (Wildman–Crippen MR) is 114 cm³/mol. The molecule has 0 heterocycles. The molecule has 5 rings (SSSR count). The van der Waals surface area contributed by atoms with Gasteiger partial charge in [-0.15, -0.1) is 0 Å². The molecule has 154 valence electrons. The zero-order valence-electron chi connectivity index (χ0n) is 15.6. The van der Waals surface area contributed by atoms with E-state index in [1.54, 1.807) is 0 Å². The van der Waals surface area contributed by atoms with Gasteiger partial charge in [0.1, 0.15) is 8.81 Å². The molecule has 31 heavy (non-hydrogen) atoms. The molecule has 1 nitrogen and oxygen atoms in total. The minimum atomic E-state index is -2.21.